The number of nitrogens with one attached hydrogen (secondary N) is 1. The lowest BCUT2D eigenvalue weighted by Crippen LogP contribution is -2.33. The highest BCUT2D eigenvalue weighted by Crippen LogP contribution is 2.35. The Morgan fingerprint density at radius 2 is 2.29 bits per heavy atom. The first-order valence-corrected chi connectivity index (χ1v) is 8.09. The summed E-state index contributed by atoms with van der Waals surface area (Å²) in [6.45, 7) is 0. The van der Waals surface area contributed by atoms with Crippen molar-refractivity contribution >= 4 is 44.6 Å². The van der Waals surface area contributed by atoms with Crippen LogP contribution in [0.3, 0.4) is 0 Å². The van der Waals surface area contributed by atoms with Gasteiger partial charge in [-0.15, -0.1) is 11.3 Å². The summed E-state index contributed by atoms with van der Waals surface area (Å²) < 4.78 is 6.26. The molecule has 0 spiro atoms. The number of carbonyl (C=O) groups is 1. The number of nitrogen functional groups attached to an aromatic ring is 1. The molecule has 0 aliphatic heterocycles. The van der Waals surface area contributed by atoms with Crippen LogP contribution in [0.5, 0.6) is 0 Å². The fourth-order valence-corrected chi connectivity index (χ4v) is 4.10. The molecule has 21 heavy (non-hydrogen) atoms. The lowest BCUT2D eigenvalue weighted by Gasteiger charge is -2.12. The molecular weight excluding hydrogens is 308 g/mol. The molecule has 3 N–H and O–H groups in total. The summed E-state index contributed by atoms with van der Waals surface area (Å²) in [6.07, 6.45) is 3.03. The van der Waals surface area contributed by atoms with Crippen LogP contribution < -0.4 is 11.1 Å². The van der Waals surface area contributed by atoms with Gasteiger partial charge in [-0.05, 0) is 37.5 Å². The molecule has 1 amide bonds. The van der Waals surface area contributed by atoms with Crippen LogP contribution in [0.4, 0.5) is 5.69 Å². The molecule has 1 aliphatic carbocycles. The number of nitrogens with two attached hydrogens (primary N) is 1. The van der Waals surface area contributed by atoms with Gasteiger partial charge >= 0.3 is 0 Å². The average molecular weight is 325 g/mol. The minimum atomic E-state index is -0.105. The highest BCUT2D eigenvalue weighted by molar-refractivity contribution is 7.21. The Kier molecular flexibility index (Phi) is 4.06. The van der Waals surface area contributed by atoms with E-state index in [1.165, 1.54) is 11.3 Å². The molecule has 1 aromatic heterocycles. The zero-order valence-electron chi connectivity index (χ0n) is 11.7. The minimum Gasteiger partial charge on any atom is -0.397 e. The summed E-state index contributed by atoms with van der Waals surface area (Å²) in [7, 11) is 1.71. The molecule has 1 saturated carbocycles. The smallest absolute Gasteiger partial charge is 0.263 e. The zero-order chi connectivity index (χ0) is 15.0. The molecule has 112 valence electrons. The lowest BCUT2D eigenvalue weighted by atomic mass is 10.2. The number of carbonyl (C=O) groups excluding carboxylic acids is 1. The van der Waals surface area contributed by atoms with E-state index in [0.717, 1.165) is 29.3 Å². The molecule has 1 fully saturated rings. The van der Waals surface area contributed by atoms with E-state index in [-0.39, 0.29) is 18.1 Å². The molecule has 2 unspecified atom stereocenters. The van der Waals surface area contributed by atoms with Crippen LogP contribution in [0.25, 0.3) is 10.1 Å². The number of hydrogen-bond donors (Lipinski definition) is 2. The number of anilines is 1. The molecule has 3 rings (SSSR count). The standard InChI is InChI=1S/C15H17ClN2O2S/c1-20-10-4-3-9(7-10)18-15(19)14-13(17)11-5-2-8(16)6-12(11)21-14/h2,5-6,9-10H,3-4,7,17H2,1H3,(H,18,19). The van der Waals surface area contributed by atoms with Gasteiger partial charge in [-0.3, -0.25) is 4.79 Å². The van der Waals surface area contributed by atoms with Crippen molar-refractivity contribution in [3.05, 3.63) is 28.1 Å². The van der Waals surface area contributed by atoms with E-state index in [2.05, 4.69) is 5.32 Å². The molecule has 0 radical (unpaired) electrons. The number of hydrogen-bond acceptors (Lipinski definition) is 4. The van der Waals surface area contributed by atoms with E-state index in [9.17, 15) is 4.79 Å². The molecule has 1 aliphatic rings. The van der Waals surface area contributed by atoms with E-state index in [1.54, 1.807) is 13.2 Å². The Morgan fingerprint density at radius 3 is 3.00 bits per heavy atom. The quantitative estimate of drug-likeness (QED) is 0.909. The Labute approximate surface area is 132 Å². The molecule has 0 saturated heterocycles. The number of methoxy groups -OCH3 is 1. The monoisotopic (exact) mass is 324 g/mol. The molecule has 1 heterocycles. The van der Waals surface area contributed by atoms with Gasteiger partial charge < -0.3 is 15.8 Å². The zero-order valence-corrected chi connectivity index (χ0v) is 13.3. The third-order valence-corrected chi connectivity index (χ3v) is 5.35. The Bertz CT molecular complexity index is 686. The van der Waals surface area contributed by atoms with E-state index >= 15 is 0 Å². The van der Waals surface area contributed by atoms with Gasteiger partial charge in [0.1, 0.15) is 4.88 Å². The average Bonchev–Trinajstić information content (AvgIpc) is 3.03. The van der Waals surface area contributed by atoms with Crippen molar-refractivity contribution in [2.24, 2.45) is 0 Å². The minimum absolute atomic E-state index is 0.105. The van der Waals surface area contributed by atoms with Crippen LogP contribution in [-0.2, 0) is 4.74 Å². The van der Waals surface area contributed by atoms with Crippen molar-refractivity contribution in [1.29, 1.82) is 0 Å². The molecule has 0 bridgehead atoms. The number of rotatable bonds is 3. The number of amides is 1. The first kappa shape index (κ1) is 14.6. The van der Waals surface area contributed by atoms with Crippen molar-refractivity contribution < 1.29 is 9.53 Å². The third-order valence-electron chi connectivity index (χ3n) is 3.95. The van der Waals surface area contributed by atoms with E-state index in [0.29, 0.717) is 15.6 Å². The van der Waals surface area contributed by atoms with E-state index in [1.807, 2.05) is 12.1 Å². The van der Waals surface area contributed by atoms with Gasteiger partial charge in [-0.2, -0.15) is 0 Å². The summed E-state index contributed by atoms with van der Waals surface area (Å²) in [5.74, 6) is -0.105. The molecule has 6 heteroatoms. The van der Waals surface area contributed by atoms with Gasteiger partial charge in [0.05, 0.1) is 11.8 Å². The molecule has 2 aromatic rings. The van der Waals surface area contributed by atoms with Gasteiger partial charge in [0.15, 0.2) is 0 Å². The van der Waals surface area contributed by atoms with Crippen LogP contribution >= 0.6 is 22.9 Å². The third kappa shape index (κ3) is 2.86. The number of fused-ring (bicyclic) bond motifs is 1. The summed E-state index contributed by atoms with van der Waals surface area (Å²) >= 11 is 7.36. The fourth-order valence-electron chi connectivity index (χ4n) is 2.80. The maximum Gasteiger partial charge on any atom is 0.263 e. The van der Waals surface area contributed by atoms with E-state index < -0.39 is 0 Å². The second-order valence-electron chi connectivity index (χ2n) is 5.33. The lowest BCUT2D eigenvalue weighted by molar-refractivity contribution is 0.0919. The molecule has 4 nitrogen and oxygen atoms in total. The topological polar surface area (TPSA) is 64.3 Å². The van der Waals surface area contributed by atoms with Gasteiger partial charge in [-0.25, -0.2) is 0 Å². The van der Waals surface area contributed by atoms with Gasteiger partial charge in [0, 0.05) is 28.3 Å². The normalized spacial score (nSPS) is 21.8. The largest absolute Gasteiger partial charge is 0.397 e. The summed E-state index contributed by atoms with van der Waals surface area (Å²) in [4.78, 5) is 13.0. The fraction of sp³-hybridized carbons (Fsp3) is 0.400. The van der Waals surface area contributed by atoms with Crippen molar-refractivity contribution in [2.45, 2.75) is 31.4 Å². The Balaban J connectivity index is 1.80. The maximum atomic E-state index is 12.4. The highest BCUT2D eigenvalue weighted by atomic mass is 35.5. The SMILES string of the molecule is COC1CCC(NC(=O)c2sc3cc(Cl)ccc3c2N)C1. The Hall–Kier alpha value is -1.30. The highest BCUT2D eigenvalue weighted by Gasteiger charge is 2.27. The Morgan fingerprint density at radius 1 is 1.48 bits per heavy atom. The number of ether oxygens (including phenoxy) is 1. The van der Waals surface area contributed by atoms with Crippen molar-refractivity contribution in [3.63, 3.8) is 0 Å². The molecular formula is C15H17ClN2O2S. The van der Waals surface area contributed by atoms with Crippen molar-refractivity contribution in [3.8, 4) is 0 Å². The number of halogens is 1. The number of thiophene rings is 1. The molecule has 2 atom stereocenters. The van der Waals surface area contributed by atoms with Gasteiger partial charge in [-0.1, -0.05) is 11.6 Å². The van der Waals surface area contributed by atoms with Crippen LogP contribution in [0.2, 0.25) is 5.02 Å². The summed E-state index contributed by atoms with van der Waals surface area (Å²) in [5, 5.41) is 4.59. The summed E-state index contributed by atoms with van der Waals surface area (Å²) in [5.41, 5.74) is 6.63. The van der Waals surface area contributed by atoms with Crippen molar-refractivity contribution in [1.82, 2.24) is 5.32 Å². The first-order chi connectivity index (χ1) is 10.1. The molecule has 1 aromatic carbocycles. The van der Waals surface area contributed by atoms with Crippen LogP contribution in [0, 0.1) is 0 Å². The van der Waals surface area contributed by atoms with Crippen LogP contribution in [0.1, 0.15) is 28.9 Å². The number of benzene rings is 1. The van der Waals surface area contributed by atoms with Crippen molar-refractivity contribution in [2.75, 3.05) is 12.8 Å². The van der Waals surface area contributed by atoms with E-state index in [4.69, 9.17) is 22.1 Å². The van der Waals surface area contributed by atoms with Crippen LogP contribution in [0.15, 0.2) is 18.2 Å². The summed E-state index contributed by atoms with van der Waals surface area (Å²) in [6, 6.07) is 5.65. The first-order valence-electron chi connectivity index (χ1n) is 6.89. The maximum absolute atomic E-state index is 12.4. The van der Waals surface area contributed by atoms with Gasteiger partial charge in [0.2, 0.25) is 0 Å². The second kappa shape index (κ2) is 5.83. The van der Waals surface area contributed by atoms with Crippen LogP contribution in [-0.4, -0.2) is 25.2 Å². The predicted molar refractivity (Wildman–Crippen MR) is 87.1 cm³/mol. The second-order valence-corrected chi connectivity index (χ2v) is 6.82. The van der Waals surface area contributed by atoms with Gasteiger partial charge in [0.25, 0.3) is 5.91 Å². The predicted octanol–water partition coefficient (Wildman–Crippen LogP) is 3.43.